The lowest BCUT2D eigenvalue weighted by Crippen LogP contribution is -2.57. The molecule has 8 bridgehead atoms. The van der Waals surface area contributed by atoms with E-state index in [2.05, 4.69) is 0 Å². The third kappa shape index (κ3) is 4.43. The van der Waals surface area contributed by atoms with Crippen LogP contribution in [0.25, 0.3) is 0 Å². The van der Waals surface area contributed by atoms with Crippen LogP contribution in [0.3, 0.4) is 0 Å². The predicted octanol–water partition coefficient (Wildman–Crippen LogP) is 3.01. The molecule has 8 saturated carbocycles. The van der Waals surface area contributed by atoms with E-state index in [4.69, 9.17) is 14.2 Å². The van der Waals surface area contributed by atoms with Gasteiger partial charge in [-0.1, -0.05) is 0 Å². The van der Waals surface area contributed by atoms with Crippen molar-refractivity contribution in [3.8, 4) is 0 Å². The number of halogens is 2. The number of aliphatic hydroxyl groups excluding tert-OH is 2. The smallest absolute Gasteiger partial charge is 0.377 e. The highest BCUT2D eigenvalue weighted by molar-refractivity contribution is 5.79. The molecule has 2 N–H and O–H groups in total. The van der Waals surface area contributed by atoms with Gasteiger partial charge in [-0.3, -0.25) is 9.59 Å². The molecule has 8 nitrogen and oxygen atoms in total. The average molecular weight is 541 g/mol. The van der Waals surface area contributed by atoms with Crippen LogP contribution in [-0.4, -0.2) is 65.6 Å². The lowest BCUT2D eigenvalue weighted by molar-refractivity contribution is -0.199. The van der Waals surface area contributed by atoms with Crippen LogP contribution in [0.5, 0.6) is 0 Å². The molecule has 38 heavy (non-hydrogen) atoms. The first-order chi connectivity index (χ1) is 17.9. The van der Waals surface area contributed by atoms with Gasteiger partial charge in [0.2, 0.25) is 0 Å². The van der Waals surface area contributed by atoms with E-state index in [1.165, 1.54) is 0 Å². The number of hydrogen-bond acceptors (Lipinski definition) is 8. The summed E-state index contributed by atoms with van der Waals surface area (Å²) in [7, 11) is 0. The second kappa shape index (κ2) is 9.11. The van der Waals surface area contributed by atoms with Crippen molar-refractivity contribution in [1.82, 2.24) is 0 Å². The fraction of sp³-hybridized carbons (Fsp3) is 0.893. The molecule has 10 heteroatoms. The molecule has 0 spiro atoms. The van der Waals surface area contributed by atoms with E-state index in [9.17, 15) is 33.4 Å². The van der Waals surface area contributed by atoms with Crippen LogP contribution in [-0.2, 0) is 28.6 Å². The summed E-state index contributed by atoms with van der Waals surface area (Å²) in [5.74, 6) is -5.51. The van der Waals surface area contributed by atoms with E-state index in [0.29, 0.717) is 57.3 Å². The Bertz CT molecular complexity index is 898. The molecule has 8 fully saturated rings. The first-order valence-electron chi connectivity index (χ1n) is 14.2. The number of carbonyl (C=O) groups excluding carboxylic acids is 3. The van der Waals surface area contributed by atoms with Crippen molar-refractivity contribution in [1.29, 1.82) is 0 Å². The van der Waals surface area contributed by atoms with E-state index in [0.717, 1.165) is 25.7 Å². The molecule has 4 atom stereocenters. The molecule has 8 aliphatic carbocycles. The van der Waals surface area contributed by atoms with Crippen LogP contribution in [0.1, 0.15) is 71.1 Å². The Morgan fingerprint density at radius 1 is 0.763 bits per heavy atom. The van der Waals surface area contributed by atoms with E-state index in [1.54, 1.807) is 0 Å². The minimum absolute atomic E-state index is 0.0564. The van der Waals surface area contributed by atoms with Crippen molar-refractivity contribution in [2.75, 3.05) is 13.2 Å². The monoisotopic (exact) mass is 540 g/mol. The highest BCUT2D eigenvalue weighted by atomic mass is 19.3. The van der Waals surface area contributed by atoms with Crippen molar-refractivity contribution in [2.45, 2.75) is 95.4 Å². The van der Waals surface area contributed by atoms with Gasteiger partial charge in [-0.15, -0.1) is 0 Å². The van der Waals surface area contributed by atoms with Crippen LogP contribution >= 0.6 is 0 Å². The molecule has 8 aliphatic rings. The topological polar surface area (TPSA) is 119 Å². The summed E-state index contributed by atoms with van der Waals surface area (Å²) in [6.45, 7) is -0.554. The summed E-state index contributed by atoms with van der Waals surface area (Å²) < 4.78 is 43.3. The molecule has 0 aromatic rings. The third-order valence-electron chi connectivity index (χ3n) is 10.7. The van der Waals surface area contributed by atoms with E-state index >= 15 is 0 Å². The van der Waals surface area contributed by atoms with Gasteiger partial charge < -0.3 is 24.4 Å². The molecular formula is C28H38F2O8. The zero-order valence-corrected chi connectivity index (χ0v) is 21.8. The van der Waals surface area contributed by atoms with Crippen molar-refractivity contribution in [3.05, 3.63) is 0 Å². The first-order valence-corrected chi connectivity index (χ1v) is 14.2. The summed E-state index contributed by atoms with van der Waals surface area (Å²) in [4.78, 5) is 38.5. The van der Waals surface area contributed by atoms with Gasteiger partial charge in [0.1, 0.15) is 13.2 Å². The molecule has 0 aromatic carbocycles. The molecule has 8 rings (SSSR count). The van der Waals surface area contributed by atoms with Gasteiger partial charge in [-0.05, 0) is 99.7 Å². The van der Waals surface area contributed by atoms with Gasteiger partial charge >= 0.3 is 23.8 Å². The Hall–Kier alpha value is -1.81. The maximum atomic E-state index is 13.6. The van der Waals surface area contributed by atoms with E-state index in [1.807, 2.05) is 0 Å². The molecule has 0 aliphatic heterocycles. The fourth-order valence-electron chi connectivity index (χ4n) is 9.51. The lowest BCUT2D eigenvalue weighted by Gasteiger charge is -2.57. The number of alkyl halides is 2. The van der Waals surface area contributed by atoms with Crippen molar-refractivity contribution in [2.24, 2.45) is 46.3 Å². The molecule has 0 radical (unpaired) electrons. The minimum Gasteiger partial charge on any atom is -0.461 e. The Morgan fingerprint density at radius 2 is 1.13 bits per heavy atom. The van der Waals surface area contributed by atoms with Gasteiger partial charge in [0.05, 0.1) is 23.0 Å². The number of rotatable bonds is 8. The summed E-state index contributed by atoms with van der Waals surface area (Å²) >= 11 is 0. The molecule has 0 aromatic heterocycles. The highest BCUT2D eigenvalue weighted by Crippen LogP contribution is 2.61. The van der Waals surface area contributed by atoms with Gasteiger partial charge in [0.15, 0.2) is 6.10 Å². The van der Waals surface area contributed by atoms with Crippen molar-refractivity contribution < 1.29 is 47.6 Å². The Morgan fingerprint density at radius 3 is 1.47 bits per heavy atom. The zero-order chi connectivity index (χ0) is 27.0. The summed E-state index contributed by atoms with van der Waals surface area (Å²) in [5.41, 5.74) is -1.43. The summed E-state index contributed by atoms with van der Waals surface area (Å²) in [6, 6.07) is 0. The molecular weight excluding hydrogens is 502 g/mol. The highest BCUT2D eigenvalue weighted by Gasteiger charge is 2.60. The molecule has 4 unspecified atom stereocenters. The lowest BCUT2D eigenvalue weighted by atomic mass is 9.48. The van der Waals surface area contributed by atoms with Crippen LogP contribution < -0.4 is 0 Å². The molecule has 212 valence electrons. The van der Waals surface area contributed by atoms with Crippen LogP contribution in [0.2, 0.25) is 0 Å². The number of ether oxygens (including phenoxy) is 3. The average Bonchev–Trinajstić information content (AvgIpc) is 2.85. The zero-order valence-electron chi connectivity index (χ0n) is 21.8. The Kier molecular flexibility index (Phi) is 6.33. The largest absolute Gasteiger partial charge is 0.461 e. The van der Waals surface area contributed by atoms with Gasteiger partial charge in [0.25, 0.3) is 0 Å². The maximum absolute atomic E-state index is 13.6. The number of carbonyl (C=O) groups is 3. The first kappa shape index (κ1) is 26.4. The molecule has 0 amide bonds. The van der Waals surface area contributed by atoms with Crippen molar-refractivity contribution in [3.63, 3.8) is 0 Å². The third-order valence-corrected chi connectivity index (χ3v) is 10.7. The maximum Gasteiger partial charge on any atom is 0.377 e. The second-order valence-electron chi connectivity index (χ2n) is 13.6. The second-order valence-corrected chi connectivity index (χ2v) is 13.6. The Balaban J connectivity index is 1.10. The Labute approximate surface area is 220 Å². The minimum atomic E-state index is -3.75. The molecule has 0 heterocycles. The standard InChI is InChI=1S/C28H38F2O8/c1-26(29,30)23(33)38-20(12-36-24(34)27-6-14-2-16(8-27)21(31)17(3-14)9-27)13-37-25(35)28-7-15-4-18(10-28)22(32)19(5-15)11-28/h14-22,31-32H,2-13H2,1H3. The van der Waals surface area contributed by atoms with Crippen LogP contribution in [0, 0.1) is 46.3 Å². The summed E-state index contributed by atoms with van der Waals surface area (Å²) in [5, 5.41) is 21.0. The number of hydrogen-bond donors (Lipinski definition) is 2. The van der Waals surface area contributed by atoms with Gasteiger partial charge in [-0.2, -0.15) is 8.78 Å². The quantitative estimate of drug-likeness (QED) is 0.356. The summed E-state index contributed by atoms with van der Waals surface area (Å²) in [6.07, 6.45) is 4.91. The predicted molar refractivity (Wildman–Crippen MR) is 126 cm³/mol. The molecule has 0 saturated heterocycles. The SMILES string of the molecule is CC(F)(F)C(=O)OC(COC(=O)C12CC3CC(C1)C(O)C(C3)C2)COC(=O)C12CC3CC(C1)C(O)C(C3)C2. The normalized spacial score (nSPS) is 45.1. The van der Waals surface area contributed by atoms with Crippen LogP contribution in [0.4, 0.5) is 8.78 Å². The van der Waals surface area contributed by atoms with Crippen LogP contribution in [0.15, 0.2) is 0 Å². The van der Waals surface area contributed by atoms with Crippen molar-refractivity contribution >= 4 is 17.9 Å². The van der Waals surface area contributed by atoms with E-state index < -0.39 is 66.2 Å². The number of esters is 3. The number of aliphatic hydroxyl groups is 2. The van der Waals surface area contributed by atoms with Gasteiger partial charge in [0, 0.05) is 6.92 Å². The van der Waals surface area contributed by atoms with E-state index in [-0.39, 0.29) is 23.7 Å². The van der Waals surface area contributed by atoms with Gasteiger partial charge in [-0.25, -0.2) is 4.79 Å². The fourth-order valence-corrected chi connectivity index (χ4v) is 9.51.